The van der Waals surface area contributed by atoms with Gasteiger partial charge in [0, 0.05) is 14.9 Å². The summed E-state index contributed by atoms with van der Waals surface area (Å²) in [6.45, 7) is 7.90. The Balaban J connectivity index is 2.01. The summed E-state index contributed by atoms with van der Waals surface area (Å²) in [6, 6.07) is 2.19. The number of rotatable bonds is 3. The zero-order chi connectivity index (χ0) is 12.5. The van der Waals surface area contributed by atoms with Crippen LogP contribution in [-0.4, -0.2) is 12.1 Å². The van der Waals surface area contributed by atoms with Crippen LogP contribution in [0.4, 0.5) is 0 Å². The molecular weight excluding hydrogens is 294 g/mol. The molecule has 96 valence electrons. The molecule has 0 amide bonds. The van der Waals surface area contributed by atoms with Gasteiger partial charge < -0.3 is 5.32 Å². The molecule has 0 aromatic carbocycles. The molecule has 0 bridgehead atoms. The SMILES string of the molecule is CC(C)(C)NCC1CCCC1c1sccc1Br. The highest BCUT2D eigenvalue weighted by molar-refractivity contribution is 9.10. The molecule has 1 aromatic heterocycles. The van der Waals surface area contributed by atoms with E-state index in [-0.39, 0.29) is 5.54 Å². The minimum Gasteiger partial charge on any atom is -0.312 e. The number of hydrogen-bond donors (Lipinski definition) is 1. The molecule has 1 heterocycles. The summed E-state index contributed by atoms with van der Waals surface area (Å²) in [5.41, 5.74) is 0.236. The lowest BCUT2D eigenvalue weighted by Crippen LogP contribution is -2.39. The third kappa shape index (κ3) is 3.55. The van der Waals surface area contributed by atoms with Crippen molar-refractivity contribution < 1.29 is 0 Å². The smallest absolute Gasteiger partial charge is 0.0317 e. The Morgan fingerprint density at radius 2 is 2.18 bits per heavy atom. The Bertz CT molecular complexity index is 367. The molecule has 1 fully saturated rings. The van der Waals surface area contributed by atoms with Gasteiger partial charge in [0.2, 0.25) is 0 Å². The number of thiophene rings is 1. The molecular formula is C14H22BrNS. The number of hydrogen-bond acceptors (Lipinski definition) is 2. The number of halogens is 1. The highest BCUT2D eigenvalue weighted by Gasteiger charge is 2.31. The van der Waals surface area contributed by atoms with E-state index in [1.54, 1.807) is 4.88 Å². The van der Waals surface area contributed by atoms with Crippen LogP contribution in [0.1, 0.15) is 50.8 Å². The van der Waals surface area contributed by atoms with Crippen LogP contribution in [0, 0.1) is 5.92 Å². The first kappa shape index (κ1) is 13.6. The van der Waals surface area contributed by atoms with Crippen molar-refractivity contribution in [2.45, 2.75) is 51.5 Å². The van der Waals surface area contributed by atoms with Gasteiger partial charge in [0.1, 0.15) is 0 Å². The van der Waals surface area contributed by atoms with E-state index in [2.05, 4.69) is 53.5 Å². The molecule has 1 N–H and O–H groups in total. The lowest BCUT2D eigenvalue weighted by Gasteiger charge is -2.26. The molecule has 1 aliphatic rings. The lowest BCUT2D eigenvalue weighted by atomic mass is 9.93. The average molecular weight is 316 g/mol. The summed E-state index contributed by atoms with van der Waals surface area (Å²) in [5.74, 6) is 1.57. The maximum Gasteiger partial charge on any atom is 0.0317 e. The maximum atomic E-state index is 3.68. The largest absolute Gasteiger partial charge is 0.312 e. The standard InChI is InChI=1S/C14H22BrNS/c1-14(2,3)16-9-10-5-4-6-11(10)13-12(15)7-8-17-13/h7-8,10-11,16H,4-6,9H2,1-3H3. The summed E-state index contributed by atoms with van der Waals surface area (Å²) in [5, 5.41) is 5.86. The van der Waals surface area contributed by atoms with Crippen LogP contribution >= 0.6 is 27.3 Å². The van der Waals surface area contributed by atoms with Crippen LogP contribution in [0.5, 0.6) is 0 Å². The molecule has 0 aliphatic heterocycles. The molecule has 0 saturated heterocycles. The van der Waals surface area contributed by atoms with E-state index in [9.17, 15) is 0 Å². The summed E-state index contributed by atoms with van der Waals surface area (Å²) in [7, 11) is 0. The van der Waals surface area contributed by atoms with Crippen molar-refractivity contribution >= 4 is 27.3 Å². The molecule has 2 rings (SSSR count). The molecule has 3 heteroatoms. The van der Waals surface area contributed by atoms with Crippen molar-refractivity contribution in [1.29, 1.82) is 0 Å². The van der Waals surface area contributed by atoms with Crippen LogP contribution in [0.15, 0.2) is 15.9 Å². The first-order valence-corrected chi connectivity index (χ1v) is 8.12. The second-order valence-corrected chi connectivity index (χ2v) is 7.86. The quantitative estimate of drug-likeness (QED) is 0.846. The zero-order valence-corrected chi connectivity index (χ0v) is 13.3. The van der Waals surface area contributed by atoms with Gasteiger partial charge in [-0.15, -0.1) is 11.3 Å². The second kappa shape index (κ2) is 5.41. The third-order valence-corrected chi connectivity index (χ3v) is 5.54. The molecule has 1 aromatic rings. The highest BCUT2D eigenvalue weighted by Crippen LogP contribution is 2.44. The molecule has 0 spiro atoms. The van der Waals surface area contributed by atoms with Gasteiger partial charge in [-0.3, -0.25) is 0 Å². The summed E-state index contributed by atoms with van der Waals surface area (Å²) in [4.78, 5) is 1.56. The lowest BCUT2D eigenvalue weighted by molar-refractivity contribution is 0.358. The fourth-order valence-electron chi connectivity index (χ4n) is 2.63. The monoisotopic (exact) mass is 315 g/mol. The van der Waals surface area contributed by atoms with Gasteiger partial charge in [0.25, 0.3) is 0 Å². The average Bonchev–Trinajstić information content (AvgIpc) is 2.81. The van der Waals surface area contributed by atoms with Crippen LogP contribution in [0.2, 0.25) is 0 Å². The third-order valence-electron chi connectivity index (χ3n) is 3.54. The van der Waals surface area contributed by atoms with Gasteiger partial charge in [0.05, 0.1) is 0 Å². The fraction of sp³-hybridized carbons (Fsp3) is 0.714. The molecule has 1 saturated carbocycles. The van der Waals surface area contributed by atoms with Crippen molar-refractivity contribution in [1.82, 2.24) is 5.32 Å². The molecule has 1 nitrogen and oxygen atoms in total. The topological polar surface area (TPSA) is 12.0 Å². The minimum absolute atomic E-state index is 0.236. The first-order valence-electron chi connectivity index (χ1n) is 6.45. The van der Waals surface area contributed by atoms with Gasteiger partial charge in [-0.05, 0) is 79.4 Å². The Labute approximate surface area is 117 Å². The summed E-state index contributed by atoms with van der Waals surface area (Å²) < 4.78 is 1.31. The predicted octanol–water partition coefficient (Wildman–Crippen LogP) is 4.78. The van der Waals surface area contributed by atoms with Gasteiger partial charge >= 0.3 is 0 Å². The summed E-state index contributed by atoms with van der Waals surface area (Å²) >= 11 is 5.59. The van der Waals surface area contributed by atoms with Gasteiger partial charge in [0.15, 0.2) is 0 Å². The predicted molar refractivity (Wildman–Crippen MR) is 79.9 cm³/mol. The van der Waals surface area contributed by atoms with Crippen LogP contribution in [0.25, 0.3) is 0 Å². The van der Waals surface area contributed by atoms with E-state index >= 15 is 0 Å². The Morgan fingerprint density at radius 1 is 1.41 bits per heavy atom. The highest BCUT2D eigenvalue weighted by atomic mass is 79.9. The van der Waals surface area contributed by atoms with Gasteiger partial charge in [-0.2, -0.15) is 0 Å². The van der Waals surface area contributed by atoms with Crippen molar-refractivity contribution in [2.24, 2.45) is 5.92 Å². The van der Waals surface area contributed by atoms with Gasteiger partial charge in [-0.25, -0.2) is 0 Å². The fourth-order valence-corrected chi connectivity index (χ4v) is 4.53. The molecule has 0 radical (unpaired) electrons. The minimum atomic E-state index is 0.236. The molecule has 2 atom stereocenters. The Morgan fingerprint density at radius 3 is 2.76 bits per heavy atom. The van der Waals surface area contributed by atoms with Crippen molar-refractivity contribution in [3.8, 4) is 0 Å². The van der Waals surface area contributed by atoms with Crippen LogP contribution in [0.3, 0.4) is 0 Å². The van der Waals surface area contributed by atoms with E-state index in [0.29, 0.717) is 0 Å². The van der Waals surface area contributed by atoms with Crippen LogP contribution < -0.4 is 5.32 Å². The van der Waals surface area contributed by atoms with E-state index in [1.165, 1.54) is 23.7 Å². The first-order chi connectivity index (χ1) is 7.97. The number of nitrogens with one attached hydrogen (secondary N) is 1. The van der Waals surface area contributed by atoms with Crippen LogP contribution in [-0.2, 0) is 0 Å². The van der Waals surface area contributed by atoms with Crippen molar-refractivity contribution in [3.05, 3.63) is 20.8 Å². The molecule has 17 heavy (non-hydrogen) atoms. The van der Waals surface area contributed by atoms with Crippen molar-refractivity contribution in [3.63, 3.8) is 0 Å². The van der Waals surface area contributed by atoms with E-state index in [1.807, 2.05) is 11.3 Å². The van der Waals surface area contributed by atoms with Gasteiger partial charge in [-0.1, -0.05) is 6.42 Å². The normalized spacial score (nSPS) is 25.4. The molecule has 1 aliphatic carbocycles. The second-order valence-electron chi connectivity index (χ2n) is 6.06. The molecule has 2 unspecified atom stereocenters. The van der Waals surface area contributed by atoms with Crippen molar-refractivity contribution in [2.75, 3.05) is 6.54 Å². The Hall–Kier alpha value is 0.140. The van der Waals surface area contributed by atoms with E-state index in [4.69, 9.17) is 0 Å². The van der Waals surface area contributed by atoms with E-state index in [0.717, 1.165) is 18.4 Å². The zero-order valence-electron chi connectivity index (χ0n) is 10.9. The van der Waals surface area contributed by atoms with E-state index < -0.39 is 0 Å². The summed E-state index contributed by atoms with van der Waals surface area (Å²) in [6.07, 6.45) is 4.11. The maximum absolute atomic E-state index is 3.68. The Kier molecular flexibility index (Phi) is 4.32.